The Morgan fingerprint density at radius 2 is 2.07 bits per heavy atom. The zero-order valence-electron chi connectivity index (χ0n) is 8.43. The first kappa shape index (κ1) is 10.2. The molecule has 15 heavy (non-hydrogen) atoms. The van der Waals surface area contributed by atoms with Gasteiger partial charge in [-0.05, 0) is 12.0 Å². The van der Waals surface area contributed by atoms with Crippen LogP contribution in [0.4, 0.5) is 0 Å². The van der Waals surface area contributed by atoms with E-state index in [1.807, 2.05) is 30.3 Å². The number of benzene rings is 1. The van der Waals surface area contributed by atoms with E-state index in [0.717, 1.165) is 5.56 Å². The Morgan fingerprint density at radius 3 is 2.73 bits per heavy atom. The molecule has 2 atom stereocenters. The van der Waals surface area contributed by atoms with Crippen LogP contribution in [-0.4, -0.2) is 23.8 Å². The van der Waals surface area contributed by atoms with Crippen molar-refractivity contribution in [2.75, 3.05) is 6.61 Å². The van der Waals surface area contributed by atoms with Gasteiger partial charge in [-0.1, -0.05) is 30.3 Å². The molecule has 0 aromatic heterocycles. The van der Waals surface area contributed by atoms with E-state index in [4.69, 9.17) is 4.74 Å². The molecule has 0 saturated carbocycles. The lowest BCUT2D eigenvalue weighted by atomic mass is 9.91. The molecule has 80 valence electrons. The highest BCUT2D eigenvalue weighted by Gasteiger charge is 2.32. The van der Waals surface area contributed by atoms with Crippen LogP contribution in [0.5, 0.6) is 0 Å². The maximum absolute atomic E-state index is 11.4. The van der Waals surface area contributed by atoms with Gasteiger partial charge in [0.25, 0.3) is 0 Å². The van der Waals surface area contributed by atoms with Gasteiger partial charge < -0.3 is 9.84 Å². The van der Waals surface area contributed by atoms with Gasteiger partial charge in [-0.25, -0.2) is 0 Å². The number of ether oxygens (including phenoxy) is 1. The highest BCUT2D eigenvalue weighted by Crippen LogP contribution is 2.20. The molecule has 2 unspecified atom stereocenters. The number of carbonyl (C=O) groups is 1. The Labute approximate surface area is 88.7 Å². The summed E-state index contributed by atoms with van der Waals surface area (Å²) >= 11 is 0. The number of aliphatic hydroxyl groups excluding tert-OH is 1. The number of hydrogen-bond acceptors (Lipinski definition) is 3. The molecule has 1 aromatic carbocycles. The maximum atomic E-state index is 11.4. The Kier molecular flexibility index (Phi) is 3.02. The lowest BCUT2D eigenvalue weighted by Crippen LogP contribution is -2.37. The third-order valence-corrected chi connectivity index (χ3v) is 2.72. The third-order valence-electron chi connectivity index (χ3n) is 2.72. The minimum atomic E-state index is -0.563. The number of rotatable bonds is 2. The van der Waals surface area contributed by atoms with Crippen molar-refractivity contribution in [3.05, 3.63) is 35.9 Å². The molecule has 1 heterocycles. The second-order valence-electron chi connectivity index (χ2n) is 3.82. The highest BCUT2D eigenvalue weighted by atomic mass is 16.5. The highest BCUT2D eigenvalue weighted by molar-refractivity contribution is 5.74. The summed E-state index contributed by atoms with van der Waals surface area (Å²) in [7, 11) is 0. The molecule has 2 rings (SSSR count). The lowest BCUT2D eigenvalue weighted by molar-refractivity contribution is -0.160. The van der Waals surface area contributed by atoms with Crippen LogP contribution in [0, 0.1) is 5.92 Å². The smallest absolute Gasteiger partial charge is 0.311 e. The van der Waals surface area contributed by atoms with Crippen molar-refractivity contribution < 1.29 is 14.6 Å². The lowest BCUT2D eigenvalue weighted by Gasteiger charge is -2.26. The molecule has 1 aliphatic heterocycles. The van der Waals surface area contributed by atoms with E-state index in [9.17, 15) is 9.90 Å². The molecule has 0 spiro atoms. The van der Waals surface area contributed by atoms with Crippen molar-refractivity contribution in [3.63, 3.8) is 0 Å². The van der Waals surface area contributed by atoms with Gasteiger partial charge in [0.2, 0.25) is 0 Å². The van der Waals surface area contributed by atoms with Crippen LogP contribution in [-0.2, 0) is 16.0 Å². The molecule has 1 aliphatic rings. The summed E-state index contributed by atoms with van der Waals surface area (Å²) in [4.78, 5) is 11.4. The molecule has 1 N–H and O–H groups in total. The standard InChI is InChI=1S/C12H14O3/c13-11-6-7-15-12(14)10(11)8-9-4-2-1-3-5-9/h1-5,10-11,13H,6-8H2. The Morgan fingerprint density at radius 1 is 1.33 bits per heavy atom. The van der Waals surface area contributed by atoms with Gasteiger partial charge in [0, 0.05) is 6.42 Å². The van der Waals surface area contributed by atoms with Crippen molar-refractivity contribution >= 4 is 5.97 Å². The van der Waals surface area contributed by atoms with Gasteiger partial charge in [-0.2, -0.15) is 0 Å². The first-order valence-corrected chi connectivity index (χ1v) is 5.16. The van der Waals surface area contributed by atoms with Gasteiger partial charge in [0.15, 0.2) is 0 Å². The van der Waals surface area contributed by atoms with E-state index < -0.39 is 12.0 Å². The first-order chi connectivity index (χ1) is 7.27. The second kappa shape index (κ2) is 4.45. The topological polar surface area (TPSA) is 46.5 Å². The number of aliphatic hydroxyl groups is 1. The number of hydrogen-bond donors (Lipinski definition) is 1. The minimum absolute atomic E-state index is 0.280. The Balaban J connectivity index is 2.07. The second-order valence-corrected chi connectivity index (χ2v) is 3.82. The van der Waals surface area contributed by atoms with E-state index in [1.54, 1.807) is 0 Å². The molecular weight excluding hydrogens is 192 g/mol. The average molecular weight is 206 g/mol. The monoisotopic (exact) mass is 206 g/mol. The largest absolute Gasteiger partial charge is 0.465 e. The van der Waals surface area contributed by atoms with E-state index in [0.29, 0.717) is 19.4 Å². The van der Waals surface area contributed by atoms with Crippen LogP contribution in [0.1, 0.15) is 12.0 Å². The molecule has 0 amide bonds. The van der Waals surface area contributed by atoms with Gasteiger partial charge >= 0.3 is 5.97 Å². The van der Waals surface area contributed by atoms with Crippen molar-refractivity contribution in [3.8, 4) is 0 Å². The fourth-order valence-corrected chi connectivity index (χ4v) is 1.83. The van der Waals surface area contributed by atoms with Gasteiger partial charge in [0.05, 0.1) is 18.6 Å². The van der Waals surface area contributed by atoms with E-state index in [2.05, 4.69) is 0 Å². The molecule has 3 nitrogen and oxygen atoms in total. The predicted molar refractivity (Wildman–Crippen MR) is 55.2 cm³/mol. The van der Waals surface area contributed by atoms with Crippen LogP contribution < -0.4 is 0 Å². The number of esters is 1. The van der Waals surface area contributed by atoms with E-state index in [1.165, 1.54) is 0 Å². The quantitative estimate of drug-likeness (QED) is 0.738. The molecule has 3 heteroatoms. The summed E-state index contributed by atoms with van der Waals surface area (Å²) in [6, 6.07) is 9.69. The van der Waals surface area contributed by atoms with Gasteiger partial charge in [-0.15, -0.1) is 0 Å². The van der Waals surface area contributed by atoms with Crippen LogP contribution in [0.25, 0.3) is 0 Å². The summed E-state index contributed by atoms with van der Waals surface area (Å²) in [5.74, 6) is -0.682. The van der Waals surface area contributed by atoms with Crippen LogP contribution in [0.2, 0.25) is 0 Å². The summed E-state index contributed by atoms with van der Waals surface area (Å²) in [6.07, 6.45) is 0.538. The maximum Gasteiger partial charge on any atom is 0.311 e. The molecule has 1 fully saturated rings. The molecule has 0 aliphatic carbocycles. The first-order valence-electron chi connectivity index (χ1n) is 5.16. The number of carbonyl (C=O) groups excluding carboxylic acids is 1. The fraction of sp³-hybridized carbons (Fsp3) is 0.417. The normalized spacial score (nSPS) is 26.1. The van der Waals surface area contributed by atoms with Gasteiger partial charge in [0.1, 0.15) is 0 Å². The van der Waals surface area contributed by atoms with Crippen molar-refractivity contribution in [1.29, 1.82) is 0 Å². The number of cyclic esters (lactones) is 1. The fourth-order valence-electron chi connectivity index (χ4n) is 1.83. The minimum Gasteiger partial charge on any atom is -0.465 e. The third kappa shape index (κ3) is 2.36. The molecule has 1 aromatic rings. The summed E-state index contributed by atoms with van der Waals surface area (Å²) in [5, 5.41) is 9.70. The van der Waals surface area contributed by atoms with Gasteiger partial charge in [-0.3, -0.25) is 4.79 Å². The molecular formula is C12H14O3. The van der Waals surface area contributed by atoms with Crippen LogP contribution in [0.15, 0.2) is 30.3 Å². The Bertz CT molecular complexity index is 334. The molecule has 0 radical (unpaired) electrons. The SMILES string of the molecule is O=C1OCCC(O)C1Cc1ccccc1. The van der Waals surface area contributed by atoms with Crippen molar-refractivity contribution in [1.82, 2.24) is 0 Å². The summed E-state index contributed by atoms with van der Waals surface area (Å²) in [6.45, 7) is 0.339. The van der Waals surface area contributed by atoms with E-state index >= 15 is 0 Å². The molecule has 1 saturated heterocycles. The molecule has 0 bridgehead atoms. The van der Waals surface area contributed by atoms with E-state index in [-0.39, 0.29) is 5.97 Å². The van der Waals surface area contributed by atoms with Crippen LogP contribution in [0.3, 0.4) is 0 Å². The van der Waals surface area contributed by atoms with Crippen molar-refractivity contribution in [2.45, 2.75) is 18.9 Å². The summed E-state index contributed by atoms with van der Waals surface area (Å²) in [5.41, 5.74) is 1.06. The predicted octanol–water partition coefficient (Wildman–Crippen LogP) is 1.15. The summed E-state index contributed by atoms with van der Waals surface area (Å²) < 4.78 is 4.93. The average Bonchev–Trinajstić information content (AvgIpc) is 2.25. The zero-order valence-corrected chi connectivity index (χ0v) is 8.43. The van der Waals surface area contributed by atoms with Crippen LogP contribution >= 0.6 is 0 Å². The Hall–Kier alpha value is -1.35. The zero-order chi connectivity index (χ0) is 10.7. The van der Waals surface area contributed by atoms with Crippen molar-refractivity contribution in [2.24, 2.45) is 5.92 Å².